The van der Waals surface area contributed by atoms with Gasteiger partial charge in [-0.05, 0) is 50.8 Å². The highest BCUT2D eigenvalue weighted by Gasteiger charge is 2.29. The molecule has 0 spiro atoms. The minimum atomic E-state index is -0.0549. The Hall–Kier alpha value is -2.70. The number of rotatable bonds is 5. The Balaban J connectivity index is 1.50. The summed E-state index contributed by atoms with van der Waals surface area (Å²) in [6, 6.07) is 5.34. The fraction of sp³-hybridized carbons (Fsp3) is 0.500. The minimum Gasteiger partial charge on any atom is -0.345 e. The number of piperidine rings is 1. The molecule has 0 atom stereocenters. The van der Waals surface area contributed by atoms with Gasteiger partial charge in [0.2, 0.25) is 5.91 Å². The topological polar surface area (TPSA) is 82.2 Å². The summed E-state index contributed by atoms with van der Waals surface area (Å²) in [7, 11) is 1.86. The molecule has 2 aromatic rings. The molecular weight excluding hydrogens is 342 g/mol. The van der Waals surface area contributed by atoms with E-state index in [-0.39, 0.29) is 17.7 Å². The van der Waals surface area contributed by atoms with Crippen LogP contribution < -0.4 is 0 Å². The number of hydrogen-bond donors (Lipinski definition) is 1. The molecule has 7 nitrogen and oxygen atoms in total. The number of aromatic amines is 1. The van der Waals surface area contributed by atoms with E-state index in [4.69, 9.17) is 0 Å². The van der Waals surface area contributed by atoms with Gasteiger partial charge in [0.25, 0.3) is 5.91 Å². The van der Waals surface area contributed by atoms with E-state index >= 15 is 0 Å². The van der Waals surface area contributed by atoms with Crippen molar-refractivity contribution >= 4 is 11.8 Å². The van der Waals surface area contributed by atoms with Crippen LogP contribution in [-0.2, 0) is 11.2 Å². The number of hydrogen-bond acceptors (Lipinski definition) is 4. The summed E-state index contributed by atoms with van der Waals surface area (Å²) in [6.07, 6.45) is 3.83. The molecule has 1 saturated heterocycles. The molecule has 144 valence electrons. The Kier molecular flexibility index (Phi) is 5.88. The third kappa shape index (κ3) is 4.35. The molecule has 1 aliphatic heterocycles. The van der Waals surface area contributed by atoms with Crippen LogP contribution in [0.5, 0.6) is 0 Å². The quantitative estimate of drug-likeness (QED) is 0.874. The Morgan fingerprint density at radius 3 is 2.59 bits per heavy atom. The van der Waals surface area contributed by atoms with Crippen LogP contribution in [0.1, 0.15) is 40.3 Å². The molecule has 1 fully saturated rings. The minimum absolute atomic E-state index is 0.0191. The molecule has 2 aromatic heterocycles. The fourth-order valence-electron chi connectivity index (χ4n) is 3.62. The van der Waals surface area contributed by atoms with E-state index in [0.717, 1.165) is 17.8 Å². The zero-order valence-electron chi connectivity index (χ0n) is 16.2. The average molecular weight is 369 g/mol. The van der Waals surface area contributed by atoms with Gasteiger partial charge in [0.15, 0.2) is 0 Å². The molecule has 0 saturated carbocycles. The number of pyridine rings is 1. The first-order chi connectivity index (χ1) is 13.0. The third-order valence-electron chi connectivity index (χ3n) is 5.37. The van der Waals surface area contributed by atoms with Gasteiger partial charge in [-0.2, -0.15) is 5.10 Å². The van der Waals surface area contributed by atoms with Crippen molar-refractivity contribution in [3.8, 4) is 0 Å². The van der Waals surface area contributed by atoms with Crippen molar-refractivity contribution in [2.24, 2.45) is 5.92 Å². The lowest BCUT2D eigenvalue weighted by molar-refractivity contribution is -0.135. The van der Waals surface area contributed by atoms with Crippen LogP contribution in [0, 0.1) is 19.8 Å². The van der Waals surface area contributed by atoms with Gasteiger partial charge in [-0.25, -0.2) is 0 Å². The maximum Gasteiger partial charge on any atom is 0.272 e. The lowest BCUT2D eigenvalue weighted by atomic mass is 9.95. The molecule has 27 heavy (non-hydrogen) atoms. The highest BCUT2D eigenvalue weighted by molar-refractivity contribution is 5.92. The first kappa shape index (κ1) is 19.1. The summed E-state index contributed by atoms with van der Waals surface area (Å²) < 4.78 is 0. The van der Waals surface area contributed by atoms with Gasteiger partial charge in [0, 0.05) is 44.5 Å². The molecule has 3 heterocycles. The van der Waals surface area contributed by atoms with Gasteiger partial charge in [-0.15, -0.1) is 0 Å². The van der Waals surface area contributed by atoms with Gasteiger partial charge in [0.05, 0.1) is 5.69 Å². The van der Waals surface area contributed by atoms with E-state index in [2.05, 4.69) is 15.2 Å². The molecule has 7 heteroatoms. The van der Waals surface area contributed by atoms with Crippen molar-refractivity contribution in [3.63, 3.8) is 0 Å². The van der Waals surface area contributed by atoms with Crippen molar-refractivity contribution in [2.45, 2.75) is 33.1 Å². The molecule has 2 amide bonds. The van der Waals surface area contributed by atoms with Crippen molar-refractivity contribution in [1.29, 1.82) is 0 Å². The Morgan fingerprint density at radius 1 is 1.26 bits per heavy atom. The SMILES string of the molecule is Cc1n[nH]c(C)c1CCN(C)C(=O)C1CCN(C(=O)c2ccccn2)CC1. The molecule has 0 aliphatic carbocycles. The van der Waals surface area contributed by atoms with Gasteiger partial charge in [-0.1, -0.05) is 6.07 Å². The second-order valence-corrected chi connectivity index (χ2v) is 7.20. The lowest BCUT2D eigenvalue weighted by Crippen LogP contribution is -2.44. The third-order valence-corrected chi connectivity index (χ3v) is 5.37. The summed E-state index contributed by atoms with van der Waals surface area (Å²) in [5.41, 5.74) is 3.71. The molecular formula is C20H27N5O2. The van der Waals surface area contributed by atoms with Gasteiger partial charge in [0.1, 0.15) is 5.69 Å². The molecule has 0 bridgehead atoms. The predicted octanol–water partition coefficient (Wildman–Crippen LogP) is 1.97. The fourth-order valence-corrected chi connectivity index (χ4v) is 3.62. The number of aromatic nitrogens is 3. The van der Waals surface area contributed by atoms with Crippen LogP contribution in [0.15, 0.2) is 24.4 Å². The number of nitrogens with zero attached hydrogens (tertiary/aromatic N) is 4. The summed E-state index contributed by atoms with van der Waals surface area (Å²) in [6.45, 7) is 5.85. The van der Waals surface area contributed by atoms with Crippen LogP contribution in [0.2, 0.25) is 0 Å². The number of H-pyrrole nitrogens is 1. The van der Waals surface area contributed by atoms with E-state index in [1.54, 1.807) is 23.2 Å². The largest absolute Gasteiger partial charge is 0.345 e. The van der Waals surface area contributed by atoms with Crippen LogP contribution in [0.4, 0.5) is 0 Å². The van der Waals surface area contributed by atoms with Crippen LogP contribution in [-0.4, -0.2) is 63.5 Å². The number of carbonyl (C=O) groups excluding carboxylic acids is 2. The summed E-state index contributed by atoms with van der Waals surface area (Å²) in [4.78, 5) is 33.0. The maximum atomic E-state index is 12.8. The zero-order valence-corrected chi connectivity index (χ0v) is 16.2. The summed E-state index contributed by atoms with van der Waals surface area (Å²) in [5.74, 6) is 0.0915. The Labute approximate surface area is 159 Å². The highest BCUT2D eigenvalue weighted by atomic mass is 16.2. The first-order valence-electron chi connectivity index (χ1n) is 9.43. The smallest absolute Gasteiger partial charge is 0.272 e. The van der Waals surface area contributed by atoms with Gasteiger partial charge < -0.3 is 9.80 Å². The van der Waals surface area contributed by atoms with Crippen LogP contribution in [0.3, 0.4) is 0 Å². The maximum absolute atomic E-state index is 12.8. The second-order valence-electron chi connectivity index (χ2n) is 7.20. The van der Waals surface area contributed by atoms with E-state index in [1.165, 1.54) is 5.56 Å². The number of amides is 2. The number of likely N-dealkylation sites (N-methyl/N-ethyl adjacent to an activating group) is 1. The second kappa shape index (κ2) is 8.33. The number of carbonyl (C=O) groups is 2. The number of aryl methyl sites for hydroxylation is 2. The molecule has 3 rings (SSSR count). The standard InChI is InChI=1S/C20H27N5O2/c1-14-17(15(2)23-22-14)9-11-24(3)19(26)16-7-12-25(13-8-16)20(27)18-6-4-5-10-21-18/h4-6,10,16H,7-9,11-13H2,1-3H3,(H,22,23). The molecule has 0 aromatic carbocycles. The lowest BCUT2D eigenvalue weighted by Gasteiger charge is -2.33. The van der Waals surface area contributed by atoms with E-state index in [1.807, 2.05) is 31.9 Å². The normalized spacial score (nSPS) is 15.0. The van der Waals surface area contributed by atoms with Gasteiger partial charge >= 0.3 is 0 Å². The van der Waals surface area contributed by atoms with Crippen molar-refractivity contribution in [2.75, 3.05) is 26.7 Å². The van der Waals surface area contributed by atoms with Gasteiger partial charge in [-0.3, -0.25) is 19.7 Å². The molecule has 0 unspecified atom stereocenters. The van der Waals surface area contributed by atoms with E-state index in [9.17, 15) is 9.59 Å². The number of likely N-dealkylation sites (tertiary alicyclic amines) is 1. The highest BCUT2D eigenvalue weighted by Crippen LogP contribution is 2.21. The van der Waals surface area contributed by atoms with Crippen molar-refractivity contribution in [3.05, 3.63) is 47.0 Å². The van der Waals surface area contributed by atoms with Crippen LogP contribution in [0.25, 0.3) is 0 Å². The average Bonchev–Trinajstić information content (AvgIpc) is 3.03. The Bertz CT molecular complexity index is 774. The monoisotopic (exact) mass is 369 g/mol. The molecule has 1 aliphatic rings. The molecule has 1 N–H and O–H groups in total. The molecule has 0 radical (unpaired) electrons. The van der Waals surface area contributed by atoms with E-state index in [0.29, 0.717) is 38.2 Å². The predicted molar refractivity (Wildman–Crippen MR) is 102 cm³/mol. The number of nitrogens with one attached hydrogen (secondary N) is 1. The first-order valence-corrected chi connectivity index (χ1v) is 9.43. The Morgan fingerprint density at radius 2 is 2.00 bits per heavy atom. The van der Waals surface area contributed by atoms with Crippen molar-refractivity contribution < 1.29 is 9.59 Å². The van der Waals surface area contributed by atoms with E-state index < -0.39 is 0 Å². The summed E-state index contributed by atoms with van der Waals surface area (Å²) in [5, 5.41) is 7.19. The van der Waals surface area contributed by atoms with Crippen LogP contribution >= 0.6 is 0 Å². The summed E-state index contributed by atoms with van der Waals surface area (Å²) >= 11 is 0. The zero-order chi connectivity index (χ0) is 19.4. The van der Waals surface area contributed by atoms with Crippen molar-refractivity contribution in [1.82, 2.24) is 25.0 Å².